The smallest absolute Gasteiger partial charge is 0.334 e. The monoisotopic (exact) mass is 220 g/mol. The Bertz CT molecular complexity index is 443. The van der Waals surface area contributed by atoms with Gasteiger partial charge in [0.05, 0.1) is 7.11 Å². The first-order chi connectivity index (χ1) is 7.53. The zero-order valence-corrected chi connectivity index (χ0v) is 9.06. The van der Waals surface area contributed by atoms with Gasteiger partial charge < -0.3 is 14.6 Å². The molecule has 1 N–H and O–H groups in total. The predicted octanol–water partition coefficient (Wildman–Crippen LogP) is 1.34. The first-order valence-corrected chi connectivity index (χ1v) is 4.85. The highest BCUT2D eigenvalue weighted by Crippen LogP contribution is 2.33. The van der Waals surface area contributed by atoms with Crippen LogP contribution in [0.1, 0.15) is 12.5 Å². The highest BCUT2D eigenvalue weighted by molar-refractivity contribution is 5.97. The van der Waals surface area contributed by atoms with Crippen LogP contribution < -0.4 is 4.74 Å². The van der Waals surface area contributed by atoms with Crippen molar-refractivity contribution in [3.8, 4) is 5.75 Å². The second-order valence-electron chi connectivity index (χ2n) is 3.69. The highest BCUT2D eigenvalue weighted by atomic mass is 16.7. The summed E-state index contributed by atoms with van der Waals surface area (Å²) in [5.41, 5.74) is 1.19. The van der Waals surface area contributed by atoms with Crippen molar-refractivity contribution in [3.63, 3.8) is 0 Å². The van der Waals surface area contributed by atoms with Gasteiger partial charge in [-0.2, -0.15) is 0 Å². The number of rotatable bonds is 2. The van der Waals surface area contributed by atoms with Crippen LogP contribution in [0.25, 0.3) is 5.57 Å². The summed E-state index contributed by atoms with van der Waals surface area (Å²) < 4.78 is 9.79. The Hall–Kier alpha value is -1.81. The Morgan fingerprint density at radius 1 is 1.31 bits per heavy atom. The van der Waals surface area contributed by atoms with Crippen molar-refractivity contribution in [3.05, 3.63) is 35.9 Å². The van der Waals surface area contributed by atoms with Crippen molar-refractivity contribution in [2.45, 2.75) is 12.7 Å². The van der Waals surface area contributed by atoms with Crippen LogP contribution in [-0.4, -0.2) is 24.0 Å². The molecule has 1 aromatic rings. The molecule has 1 aromatic carbocycles. The molecule has 0 spiro atoms. The minimum Gasteiger partial charge on any atom is -0.497 e. The van der Waals surface area contributed by atoms with Crippen LogP contribution in [0.2, 0.25) is 0 Å². The van der Waals surface area contributed by atoms with Gasteiger partial charge in [-0.3, -0.25) is 0 Å². The molecule has 0 aromatic heterocycles. The molecular formula is C12H12O4. The molecule has 1 aliphatic heterocycles. The molecule has 1 heterocycles. The van der Waals surface area contributed by atoms with E-state index in [1.165, 1.54) is 13.0 Å². The van der Waals surface area contributed by atoms with Crippen molar-refractivity contribution in [2.75, 3.05) is 7.11 Å². The maximum absolute atomic E-state index is 11.1. The minimum atomic E-state index is -1.55. The Kier molecular flexibility index (Phi) is 2.44. The first kappa shape index (κ1) is 10.7. The van der Waals surface area contributed by atoms with Gasteiger partial charge in [-0.05, 0) is 17.7 Å². The molecule has 84 valence electrons. The molecule has 0 fully saturated rings. The Morgan fingerprint density at radius 3 is 2.38 bits per heavy atom. The quantitative estimate of drug-likeness (QED) is 0.764. The van der Waals surface area contributed by atoms with Gasteiger partial charge in [0.2, 0.25) is 5.79 Å². The normalized spacial score (nSPS) is 23.9. The predicted molar refractivity (Wildman–Crippen MR) is 57.7 cm³/mol. The van der Waals surface area contributed by atoms with Gasteiger partial charge in [0, 0.05) is 18.6 Å². The molecule has 4 nitrogen and oxygen atoms in total. The topological polar surface area (TPSA) is 55.8 Å². The SMILES string of the molecule is COc1ccc(C2=CC(=O)OC2(C)O)cc1. The van der Waals surface area contributed by atoms with Crippen molar-refractivity contribution in [1.29, 1.82) is 0 Å². The number of carbonyl (C=O) groups excluding carboxylic acids is 1. The Morgan fingerprint density at radius 2 is 1.94 bits per heavy atom. The lowest BCUT2D eigenvalue weighted by Crippen LogP contribution is -2.26. The van der Waals surface area contributed by atoms with Gasteiger partial charge in [-0.15, -0.1) is 0 Å². The van der Waals surface area contributed by atoms with Crippen LogP contribution in [0, 0.1) is 0 Å². The van der Waals surface area contributed by atoms with Gasteiger partial charge >= 0.3 is 5.97 Å². The Balaban J connectivity index is 2.37. The summed E-state index contributed by atoms with van der Waals surface area (Å²) in [4.78, 5) is 11.1. The number of methoxy groups -OCH3 is 1. The minimum absolute atomic E-state index is 0.458. The van der Waals surface area contributed by atoms with E-state index in [4.69, 9.17) is 9.47 Å². The van der Waals surface area contributed by atoms with Gasteiger partial charge in [0.1, 0.15) is 5.75 Å². The molecule has 1 unspecified atom stereocenters. The van der Waals surface area contributed by atoms with Crippen LogP contribution in [0.4, 0.5) is 0 Å². The molecule has 16 heavy (non-hydrogen) atoms. The number of hydrogen-bond acceptors (Lipinski definition) is 4. The molecule has 1 atom stereocenters. The van der Waals surface area contributed by atoms with E-state index in [1.807, 2.05) is 0 Å². The lowest BCUT2D eigenvalue weighted by Gasteiger charge is -2.19. The molecule has 0 aliphatic carbocycles. The molecule has 0 radical (unpaired) electrons. The number of benzene rings is 1. The Labute approximate surface area is 93.1 Å². The van der Waals surface area contributed by atoms with Crippen molar-refractivity contribution in [2.24, 2.45) is 0 Å². The van der Waals surface area contributed by atoms with E-state index in [9.17, 15) is 9.90 Å². The van der Waals surface area contributed by atoms with Gasteiger partial charge in [-0.1, -0.05) is 12.1 Å². The van der Waals surface area contributed by atoms with E-state index in [2.05, 4.69) is 0 Å². The molecule has 0 saturated heterocycles. The fraction of sp³-hybridized carbons (Fsp3) is 0.250. The maximum atomic E-state index is 11.1. The van der Waals surface area contributed by atoms with Crippen LogP contribution >= 0.6 is 0 Å². The third-order valence-electron chi connectivity index (χ3n) is 2.46. The van der Waals surface area contributed by atoms with E-state index in [0.29, 0.717) is 11.3 Å². The van der Waals surface area contributed by atoms with E-state index in [0.717, 1.165) is 5.56 Å². The summed E-state index contributed by atoms with van der Waals surface area (Å²) in [5, 5.41) is 9.86. The lowest BCUT2D eigenvalue weighted by molar-refractivity contribution is -0.169. The number of ether oxygens (including phenoxy) is 2. The molecule has 4 heteroatoms. The fourth-order valence-electron chi connectivity index (χ4n) is 1.65. The number of cyclic esters (lactones) is 1. The highest BCUT2D eigenvalue weighted by Gasteiger charge is 2.37. The molecule has 0 amide bonds. The summed E-state index contributed by atoms with van der Waals surface area (Å²) in [7, 11) is 1.58. The van der Waals surface area contributed by atoms with E-state index < -0.39 is 11.8 Å². The van der Waals surface area contributed by atoms with Crippen LogP contribution in [0.15, 0.2) is 30.3 Å². The first-order valence-electron chi connectivity index (χ1n) is 4.85. The van der Waals surface area contributed by atoms with E-state index in [-0.39, 0.29) is 0 Å². The molecule has 2 rings (SSSR count). The molecule has 0 saturated carbocycles. The molecular weight excluding hydrogens is 208 g/mol. The second-order valence-corrected chi connectivity index (χ2v) is 3.69. The fourth-order valence-corrected chi connectivity index (χ4v) is 1.65. The lowest BCUT2D eigenvalue weighted by atomic mass is 10.00. The van der Waals surface area contributed by atoms with Crippen LogP contribution in [0.3, 0.4) is 0 Å². The van der Waals surface area contributed by atoms with Gasteiger partial charge in [-0.25, -0.2) is 4.79 Å². The van der Waals surface area contributed by atoms with Crippen molar-refractivity contribution < 1.29 is 19.4 Å². The number of hydrogen-bond donors (Lipinski definition) is 1. The average Bonchev–Trinajstić information content (AvgIpc) is 2.52. The zero-order valence-electron chi connectivity index (χ0n) is 9.06. The summed E-state index contributed by atoms with van der Waals surface area (Å²) in [5.74, 6) is -1.36. The van der Waals surface area contributed by atoms with Crippen molar-refractivity contribution >= 4 is 11.5 Å². The number of aliphatic hydroxyl groups is 1. The van der Waals surface area contributed by atoms with E-state index >= 15 is 0 Å². The summed E-state index contributed by atoms with van der Waals surface area (Å²) in [6, 6.07) is 7.05. The third kappa shape index (κ3) is 1.79. The van der Waals surface area contributed by atoms with Gasteiger partial charge in [0.25, 0.3) is 0 Å². The third-order valence-corrected chi connectivity index (χ3v) is 2.46. The van der Waals surface area contributed by atoms with Gasteiger partial charge in [0.15, 0.2) is 0 Å². The number of carbonyl (C=O) groups is 1. The second kappa shape index (κ2) is 3.64. The summed E-state index contributed by atoms with van der Waals surface area (Å²) in [6.07, 6.45) is 1.29. The maximum Gasteiger partial charge on any atom is 0.334 e. The zero-order chi connectivity index (χ0) is 11.8. The average molecular weight is 220 g/mol. The van der Waals surface area contributed by atoms with E-state index in [1.54, 1.807) is 31.4 Å². The number of esters is 1. The molecule has 0 bridgehead atoms. The summed E-state index contributed by atoms with van der Waals surface area (Å²) >= 11 is 0. The summed E-state index contributed by atoms with van der Waals surface area (Å²) in [6.45, 7) is 1.44. The molecule has 1 aliphatic rings. The van der Waals surface area contributed by atoms with Crippen LogP contribution in [-0.2, 0) is 9.53 Å². The van der Waals surface area contributed by atoms with Crippen LogP contribution in [0.5, 0.6) is 5.75 Å². The van der Waals surface area contributed by atoms with Crippen molar-refractivity contribution in [1.82, 2.24) is 0 Å². The standard InChI is InChI=1S/C12H12O4/c1-12(14)10(7-11(13)16-12)8-3-5-9(15-2)6-4-8/h3-7,14H,1-2H3. The largest absolute Gasteiger partial charge is 0.497 e.